The number of likely N-dealkylation sites (tertiary alicyclic amines) is 1. The quantitative estimate of drug-likeness (QED) is 0.122. The third-order valence-electron chi connectivity index (χ3n) is 7.22. The summed E-state index contributed by atoms with van der Waals surface area (Å²) in [6.45, 7) is 12.0. The average Bonchev–Trinajstić information content (AvgIpc) is 3.23. The lowest BCUT2D eigenvalue weighted by Crippen LogP contribution is -2.38. The van der Waals surface area contributed by atoms with E-state index in [2.05, 4.69) is 32.6 Å². The summed E-state index contributed by atoms with van der Waals surface area (Å²) in [6.07, 6.45) is 3.83. The highest BCUT2D eigenvalue weighted by Crippen LogP contribution is 2.42. The predicted molar refractivity (Wildman–Crippen MR) is 157 cm³/mol. The van der Waals surface area contributed by atoms with Crippen molar-refractivity contribution in [2.45, 2.75) is 59.4 Å². The van der Waals surface area contributed by atoms with Crippen LogP contribution >= 0.6 is 0 Å². The second-order valence-corrected chi connectivity index (χ2v) is 9.86. The van der Waals surface area contributed by atoms with E-state index >= 15 is 0 Å². The summed E-state index contributed by atoms with van der Waals surface area (Å²) in [5.74, 6) is 0.140. The second kappa shape index (κ2) is 15.3. The molecule has 0 radical (unpaired) electrons. The minimum Gasteiger partial charge on any atom is -0.507 e. The van der Waals surface area contributed by atoms with Crippen molar-refractivity contribution in [2.75, 3.05) is 46.5 Å². The number of carbonyl (C=O) groups excluding carboxylic acids is 2. The normalized spacial score (nSPS) is 16.6. The molecule has 1 amide bonds. The van der Waals surface area contributed by atoms with Gasteiger partial charge in [-0.15, -0.1) is 0 Å². The van der Waals surface area contributed by atoms with Crippen LogP contribution in [0.4, 0.5) is 0 Å². The van der Waals surface area contributed by atoms with E-state index in [0.717, 1.165) is 38.8 Å². The Hall–Kier alpha value is -3.52. The van der Waals surface area contributed by atoms with E-state index in [-0.39, 0.29) is 11.3 Å². The molecular weight excluding hydrogens is 508 g/mol. The van der Waals surface area contributed by atoms with Gasteiger partial charge in [0.1, 0.15) is 11.5 Å². The molecule has 218 valence electrons. The van der Waals surface area contributed by atoms with Crippen LogP contribution in [0.1, 0.15) is 70.5 Å². The van der Waals surface area contributed by atoms with E-state index in [1.54, 1.807) is 42.3 Å². The Morgan fingerprint density at radius 2 is 1.62 bits per heavy atom. The number of benzene rings is 2. The van der Waals surface area contributed by atoms with E-state index in [1.807, 2.05) is 12.1 Å². The van der Waals surface area contributed by atoms with Crippen LogP contribution in [0.25, 0.3) is 5.76 Å². The zero-order valence-electron chi connectivity index (χ0n) is 24.6. The molecule has 8 heteroatoms. The third-order valence-corrected chi connectivity index (χ3v) is 7.22. The number of amides is 1. The van der Waals surface area contributed by atoms with E-state index in [1.165, 1.54) is 0 Å². The minimum atomic E-state index is -0.779. The van der Waals surface area contributed by atoms with E-state index in [4.69, 9.17) is 14.2 Å². The summed E-state index contributed by atoms with van der Waals surface area (Å²) < 4.78 is 17.4. The number of methoxy groups -OCH3 is 1. The molecule has 1 atom stereocenters. The van der Waals surface area contributed by atoms with E-state index < -0.39 is 17.7 Å². The van der Waals surface area contributed by atoms with Crippen LogP contribution in [0.5, 0.6) is 17.2 Å². The van der Waals surface area contributed by atoms with Crippen LogP contribution in [0.2, 0.25) is 0 Å². The molecule has 1 aliphatic rings. The number of aliphatic hydroxyl groups excluding tert-OH is 1. The largest absolute Gasteiger partial charge is 0.507 e. The zero-order chi connectivity index (χ0) is 29.1. The van der Waals surface area contributed by atoms with Crippen molar-refractivity contribution in [1.82, 2.24) is 9.80 Å². The summed E-state index contributed by atoms with van der Waals surface area (Å²) in [7, 11) is 1.56. The molecule has 40 heavy (non-hydrogen) atoms. The number of nitrogens with zero attached hydrogens (tertiary/aromatic N) is 2. The lowest BCUT2D eigenvalue weighted by Gasteiger charge is -2.28. The first-order valence-corrected chi connectivity index (χ1v) is 14.4. The topological polar surface area (TPSA) is 88.5 Å². The van der Waals surface area contributed by atoms with Gasteiger partial charge in [-0.3, -0.25) is 9.59 Å². The summed E-state index contributed by atoms with van der Waals surface area (Å²) in [5.41, 5.74) is 1.14. The van der Waals surface area contributed by atoms with E-state index in [0.29, 0.717) is 54.7 Å². The van der Waals surface area contributed by atoms with Gasteiger partial charge in [-0.2, -0.15) is 0 Å². The number of hydrogen-bond donors (Lipinski definition) is 1. The Kier molecular flexibility index (Phi) is 11.9. The smallest absolute Gasteiger partial charge is 0.295 e. The molecule has 2 aromatic rings. The van der Waals surface area contributed by atoms with Crippen molar-refractivity contribution >= 4 is 17.4 Å². The first kappa shape index (κ1) is 31.0. The van der Waals surface area contributed by atoms with Gasteiger partial charge in [-0.05, 0) is 55.8 Å². The molecule has 3 rings (SSSR count). The van der Waals surface area contributed by atoms with Crippen molar-refractivity contribution in [1.29, 1.82) is 0 Å². The molecule has 1 N–H and O–H groups in total. The molecule has 0 aliphatic carbocycles. The average molecular weight is 553 g/mol. The standard InChI is InChI=1S/C32H44N2O6/c1-6-10-19-39-25-14-12-13-24(21-25)30(35)28-29(34(32(37)31(28)36)18-17-33(8-3)9-4)23-15-16-26(27(22-23)38-5)40-20-11-7-2/h12-16,21-22,29,35H,6-11,17-20H2,1-5H3. The van der Waals surface area contributed by atoms with Crippen molar-refractivity contribution in [3.63, 3.8) is 0 Å². The van der Waals surface area contributed by atoms with Crippen molar-refractivity contribution in [3.8, 4) is 17.2 Å². The van der Waals surface area contributed by atoms with Crippen molar-refractivity contribution < 1.29 is 28.9 Å². The van der Waals surface area contributed by atoms with Crippen LogP contribution in [0.15, 0.2) is 48.0 Å². The fraction of sp³-hybridized carbons (Fsp3) is 0.500. The third kappa shape index (κ3) is 7.36. The maximum absolute atomic E-state index is 13.5. The number of ether oxygens (including phenoxy) is 3. The van der Waals surface area contributed by atoms with Gasteiger partial charge >= 0.3 is 0 Å². The molecule has 0 bridgehead atoms. The SMILES string of the molecule is CCCCOc1cccc(C(O)=C2C(=O)C(=O)N(CCN(CC)CC)C2c2ccc(OCCCC)c(OC)c2)c1. The monoisotopic (exact) mass is 552 g/mol. The minimum absolute atomic E-state index is 0.0527. The van der Waals surface area contributed by atoms with Crippen LogP contribution < -0.4 is 14.2 Å². The highest BCUT2D eigenvalue weighted by atomic mass is 16.5. The Labute approximate surface area is 238 Å². The van der Waals surface area contributed by atoms with Gasteiger partial charge in [0.15, 0.2) is 11.5 Å². The molecule has 0 aromatic heterocycles. The second-order valence-electron chi connectivity index (χ2n) is 9.86. The first-order valence-electron chi connectivity index (χ1n) is 14.4. The molecule has 1 fully saturated rings. The molecular formula is C32H44N2O6. The van der Waals surface area contributed by atoms with Gasteiger partial charge in [0.05, 0.1) is 31.9 Å². The molecule has 1 unspecified atom stereocenters. The number of carbonyl (C=O) groups is 2. The van der Waals surface area contributed by atoms with Gasteiger partial charge in [-0.1, -0.05) is 58.7 Å². The molecule has 2 aromatic carbocycles. The lowest BCUT2D eigenvalue weighted by atomic mass is 9.95. The number of aliphatic hydroxyl groups is 1. The molecule has 1 saturated heterocycles. The molecule has 0 spiro atoms. The lowest BCUT2D eigenvalue weighted by molar-refractivity contribution is -0.140. The number of Topliss-reactive ketones (excluding diaryl/α,β-unsaturated/α-hetero) is 1. The maximum atomic E-state index is 13.5. The van der Waals surface area contributed by atoms with Gasteiger partial charge in [0, 0.05) is 18.7 Å². The van der Waals surface area contributed by atoms with Crippen LogP contribution in [-0.4, -0.2) is 73.1 Å². The molecule has 1 heterocycles. The zero-order valence-corrected chi connectivity index (χ0v) is 24.6. The summed E-state index contributed by atoms with van der Waals surface area (Å²) >= 11 is 0. The fourth-order valence-corrected chi connectivity index (χ4v) is 4.77. The number of likely N-dealkylation sites (N-methyl/N-ethyl adjacent to an activating group) is 1. The van der Waals surface area contributed by atoms with Crippen molar-refractivity contribution in [2.24, 2.45) is 0 Å². The van der Waals surface area contributed by atoms with Gasteiger partial charge in [0.25, 0.3) is 11.7 Å². The number of rotatable bonds is 16. The maximum Gasteiger partial charge on any atom is 0.295 e. The highest BCUT2D eigenvalue weighted by molar-refractivity contribution is 6.46. The highest BCUT2D eigenvalue weighted by Gasteiger charge is 2.46. The van der Waals surface area contributed by atoms with Crippen LogP contribution in [0, 0.1) is 0 Å². The number of ketones is 1. The predicted octanol–water partition coefficient (Wildman–Crippen LogP) is 5.82. The Bertz CT molecular complexity index is 1170. The summed E-state index contributed by atoms with van der Waals surface area (Å²) in [4.78, 5) is 30.6. The van der Waals surface area contributed by atoms with Gasteiger partial charge in [0.2, 0.25) is 0 Å². The van der Waals surface area contributed by atoms with Gasteiger partial charge < -0.3 is 29.1 Å². The van der Waals surface area contributed by atoms with Crippen molar-refractivity contribution in [3.05, 3.63) is 59.2 Å². The van der Waals surface area contributed by atoms with Gasteiger partial charge in [-0.25, -0.2) is 0 Å². The Morgan fingerprint density at radius 3 is 2.27 bits per heavy atom. The fourth-order valence-electron chi connectivity index (χ4n) is 4.77. The first-order chi connectivity index (χ1) is 19.4. The number of hydrogen-bond acceptors (Lipinski definition) is 7. The summed E-state index contributed by atoms with van der Waals surface area (Å²) in [5, 5.41) is 11.5. The Balaban J connectivity index is 2.08. The van der Waals surface area contributed by atoms with E-state index in [9.17, 15) is 14.7 Å². The van der Waals surface area contributed by atoms with Crippen LogP contribution in [0.3, 0.4) is 0 Å². The molecule has 0 saturated carbocycles. The summed E-state index contributed by atoms with van der Waals surface area (Å²) in [6, 6.07) is 11.7. The number of unbranched alkanes of at least 4 members (excludes halogenated alkanes) is 2. The Morgan fingerprint density at radius 1 is 0.925 bits per heavy atom. The molecule has 8 nitrogen and oxygen atoms in total. The van der Waals surface area contributed by atoms with Crippen LogP contribution in [-0.2, 0) is 9.59 Å². The molecule has 1 aliphatic heterocycles.